The summed E-state index contributed by atoms with van der Waals surface area (Å²) in [4.78, 5) is 43.4. The lowest BCUT2D eigenvalue weighted by Gasteiger charge is -2.15. The second-order valence-electron chi connectivity index (χ2n) is 18.7. The van der Waals surface area contributed by atoms with Gasteiger partial charge in [-0.15, -0.1) is 0 Å². The molecular formula is C45H55Cl2N11O7Si2. The first-order valence-electron chi connectivity index (χ1n) is 21.6. The minimum absolute atomic E-state index is 0.0847. The normalized spacial score (nSPS) is 12.2. The number of aliphatic hydroxyl groups is 2. The highest BCUT2D eigenvalue weighted by molar-refractivity contribution is 6.76. The third-order valence-electron chi connectivity index (χ3n) is 10.9. The van der Waals surface area contributed by atoms with Gasteiger partial charge in [-0.3, -0.25) is 14.2 Å². The summed E-state index contributed by atoms with van der Waals surface area (Å²) < 4.78 is 18.6. The second-order valence-corrected chi connectivity index (χ2v) is 30.8. The lowest BCUT2D eigenvalue weighted by atomic mass is 10.1. The molecule has 8 rings (SSSR count). The molecule has 4 N–H and O–H groups in total. The Labute approximate surface area is 398 Å². The van der Waals surface area contributed by atoms with Crippen molar-refractivity contribution in [2.45, 2.75) is 70.9 Å². The fourth-order valence-corrected chi connectivity index (χ4v) is 9.03. The molecule has 18 nitrogen and oxygen atoms in total. The summed E-state index contributed by atoms with van der Waals surface area (Å²) in [6.07, 6.45) is 6.41. The largest absolute Gasteiger partial charge is 0.478 e. The fourth-order valence-electron chi connectivity index (χ4n) is 7.19. The lowest BCUT2D eigenvalue weighted by Crippen LogP contribution is -2.40. The second kappa shape index (κ2) is 20.3. The van der Waals surface area contributed by atoms with Crippen LogP contribution in [0.3, 0.4) is 0 Å². The van der Waals surface area contributed by atoms with Crippen LogP contribution in [0.25, 0.3) is 66.9 Å². The molecule has 0 aliphatic heterocycles. The number of carboxylic acids is 1. The molecule has 0 saturated carbocycles. The zero-order valence-corrected chi connectivity index (χ0v) is 42.2. The average molecular weight is 989 g/mol. The van der Waals surface area contributed by atoms with E-state index in [0.717, 1.165) is 33.9 Å². The topological polar surface area (TPSA) is 222 Å². The van der Waals surface area contributed by atoms with Crippen molar-refractivity contribution >= 4 is 95.4 Å². The van der Waals surface area contributed by atoms with Gasteiger partial charge in [0.15, 0.2) is 11.3 Å². The van der Waals surface area contributed by atoms with Gasteiger partial charge in [0.2, 0.25) is 0 Å². The molecule has 0 unspecified atom stereocenters. The van der Waals surface area contributed by atoms with E-state index in [2.05, 4.69) is 69.7 Å². The fraction of sp³-hybridized carbons (Fsp3) is 0.378. The van der Waals surface area contributed by atoms with E-state index in [-0.39, 0.29) is 37.8 Å². The summed E-state index contributed by atoms with van der Waals surface area (Å²) in [6.45, 7) is 14.6. The van der Waals surface area contributed by atoms with Crippen LogP contribution in [-0.2, 0) is 37.0 Å². The van der Waals surface area contributed by atoms with E-state index in [1.165, 1.54) is 6.20 Å². The zero-order chi connectivity index (χ0) is 48.4. The van der Waals surface area contributed by atoms with Gasteiger partial charge in [0, 0.05) is 76.7 Å². The number of carboxylic acid groups (broad SMARTS) is 1. The molecule has 2 aromatic carbocycles. The molecule has 6 heterocycles. The number of carbonyl (C=O) groups is 2. The molecule has 0 spiro atoms. The molecule has 354 valence electrons. The van der Waals surface area contributed by atoms with Crippen molar-refractivity contribution in [3.63, 3.8) is 0 Å². The molecule has 0 atom stereocenters. The number of halogens is 2. The number of rotatable bonds is 17. The van der Waals surface area contributed by atoms with Crippen molar-refractivity contribution in [3.8, 4) is 22.8 Å². The summed E-state index contributed by atoms with van der Waals surface area (Å²) in [6, 6.07) is 12.3. The summed E-state index contributed by atoms with van der Waals surface area (Å²) in [5, 5.41) is 43.3. The minimum Gasteiger partial charge on any atom is -0.478 e. The van der Waals surface area contributed by atoms with Gasteiger partial charge in [-0.2, -0.15) is 10.2 Å². The summed E-state index contributed by atoms with van der Waals surface area (Å²) >= 11 is 12.3. The maximum Gasteiger partial charge on any atom is 0.339 e. The van der Waals surface area contributed by atoms with Gasteiger partial charge in [-0.25, -0.2) is 24.7 Å². The first-order chi connectivity index (χ1) is 31.7. The Morgan fingerprint density at radius 2 is 1.13 bits per heavy atom. The third-order valence-corrected chi connectivity index (χ3v) is 14.8. The Balaban J connectivity index is 0.000000201. The number of ether oxygens (including phenoxy) is 2. The molecule has 0 saturated heterocycles. The maximum atomic E-state index is 13.1. The van der Waals surface area contributed by atoms with Crippen molar-refractivity contribution < 1.29 is 34.4 Å². The van der Waals surface area contributed by atoms with Crippen LogP contribution in [0.2, 0.25) is 61.4 Å². The molecule has 67 heavy (non-hydrogen) atoms. The average Bonchev–Trinajstić information content (AvgIpc) is 4.02. The highest BCUT2D eigenvalue weighted by Gasteiger charge is 2.24. The zero-order valence-electron chi connectivity index (χ0n) is 38.7. The van der Waals surface area contributed by atoms with Crippen molar-refractivity contribution in [1.82, 2.24) is 53.9 Å². The van der Waals surface area contributed by atoms with Crippen LogP contribution >= 0.6 is 23.2 Å². The van der Waals surface area contributed by atoms with Crippen LogP contribution in [0.5, 0.6) is 0 Å². The number of aryl methyl sites for hydroxylation is 2. The number of hydrogen-bond acceptors (Lipinski definition) is 12. The van der Waals surface area contributed by atoms with Crippen LogP contribution in [0.4, 0.5) is 0 Å². The molecule has 0 fully saturated rings. The number of aromatic carboxylic acids is 1. The Bertz CT molecular complexity index is 3100. The number of nitrogens with one attached hydrogen (secondary N) is 1. The van der Waals surface area contributed by atoms with Crippen LogP contribution in [0.1, 0.15) is 20.7 Å². The van der Waals surface area contributed by atoms with Gasteiger partial charge < -0.3 is 39.2 Å². The number of carbonyl (C=O) groups excluding carboxylic acids is 1. The first kappa shape index (κ1) is 49.3. The van der Waals surface area contributed by atoms with Crippen LogP contribution in [-0.4, -0.2) is 124 Å². The van der Waals surface area contributed by atoms with E-state index in [9.17, 15) is 24.9 Å². The summed E-state index contributed by atoms with van der Waals surface area (Å²) in [7, 11) is 1.20. The molecule has 8 aromatic rings. The number of hydrogen-bond donors (Lipinski definition) is 4. The number of aromatic nitrogens is 10. The Morgan fingerprint density at radius 1 is 0.701 bits per heavy atom. The van der Waals surface area contributed by atoms with Gasteiger partial charge >= 0.3 is 5.97 Å². The molecule has 0 aliphatic carbocycles. The SMILES string of the molecule is Cn1nc(-c2cnc3c(n2)c(C(=O)NC(CO)CO)cn3COCC[Si](C)(C)C)c2ccc(Cl)cc21.Cn1nc(-c2cnc3c(n2)c(C(=O)O)cn3COCC[Si](C)(C)C)c2ccc(Cl)cc21. The Hall–Kier alpha value is -5.59. The quantitative estimate of drug-likeness (QED) is 0.0508. The standard InChI is InChI=1S/C24H31ClN6O4Si.C21H24ClN5O3Si/c1-30-20-9-15(25)5-6-17(20)21(29-30)19-10-26-23-22(28-19)18(24(34)27-16(12-32)13-33)11-31(23)14-35-7-8-36(2,3)4;1-26-17-9-13(22)5-6-14(17)18(25-26)16-10-23-20-19(24-16)15(21(28)29)11-27(20)12-30-7-8-31(2,3)4/h5-6,9-11,16,32-33H,7-8,12-14H2,1-4H3,(H,27,34);5-6,9-11H,7-8,12H2,1-4H3,(H,28,29). The van der Waals surface area contributed by atoms with Gasteiger partial charge in [0.05, 0.1) is 48.2 Å². The van der Waals surface area contributed by atoms with E-state index in [1.54, 1.807) is 49.2 Å². The smallest absolute Gasteiger partial charge is 0.339 e. The molecule has 0 bridgehead atoms. The molecule has 0 radical (unpaired) electrons. The molecule has 0 aliphatic rings. The van der Waals surface area contributed by atoms with Crippen LogP contribution in [0, 0.1) is 0 Å². The highest BCUT2D eigenvalue weighted by atomic mass is 35.5. The highest BCUT2D eigenvalue weighted by Crippen LogP contribution is 2.32. The summed E-state index contributed by atoms with van der Waals surface area (Å²) in [5.74, 6) is -1.53. The van der Waals surface area contributed by atoms with E-state index < -0.39 is 34.1 Å². The van der Waals surface area contributed by atoms with Gasteiger partial charge in [-0.1, -0.05) is 62.5 Å². The van der Waals surface area contributed by atoms with Gasteiger partial charge in [0.1, 0.15) is 52.8 Å². The lowest BCUT2D eigenvalue weighted by molar-refractivity contribution is 0.0695. The minimum atomic E-state index is -1.25. The predicted octanol–water partition coefficient (Wildman–Crippen LogP) is 7.68. The van der Waals surface area contributed by atoms with E-state index in [1.807, 2.05) is 38.4 Å². The van der Waals surface area contributed by atoms with Gasteiger partial charge in [-0.05, 0) is 48.5 Å². The van der Waals surface area contributed by atoms with Gasteiger partial charge in [0.25, 0.3) is 5.91 Å². The third kappa shape index (κ3) is 11.4. The number of aliphatic hydroxyl groups excluding tert-OH is 2. The van der Waals surface area contributed by atoms with Crippen molar-refractivity contribution in [2.75, 3.05) is 26.4 Å². The number of amides is 1. The predicted molar refractivity (Wildman–Crippen MR) is 265 cm³/mol. The van der Waals surface area contributed by atoms with Crippen molar-refractivity contribution in [3.05, 3.63) is 82.4 Å². The molecule has 6 aromatic heterocycles. The van der Waals surface area contributed by atoms with Crippen molar-refractivity contribution in [1.29, 1.82) is 0 Å². The number of nitrogens with zero attached hydrogens (tertiary/aromatic N) is 10. The van der Waals surface area contributed by atoms with E-state index >= 15 is 0 Å². The van der Waals surface area contributed by atoms with E-state index in [0.29, 0.717) is 68.4 Å². The van der Waals surface area contributed by atoms with Crippen LogP contribution < -0.4 is 5.32 Å². The number of fused-ring (bicyclic) bond motifs is 4. The number of benzene rings is 2. The Kier molecular flexibility index (Phi) is 15.0. The monoisotopic (exact) mass is 987 g/mol. The molecule has 1 amide bonds. The molecular weight excluding hydrogens is 934 g/mol. The maximum absolute atomic E-state index is 13.1. The Morgan fingerprint density at radius 3 is 1.55 bits per heavy atom. The van der Waals surface area contributed by atoms with Crippen LogP contribution in [0.15, 0.2) is 61.2 Å². The first-order valence-corrected chi connectivity index (χ1v) is 29.8. The van der Waals surface area contributed by atoms with Crippen molar-refractivity contribution in [2.24, 2.45) is 14.1 Å². The summed E-state index contributed by atoms with van der Waals surface area (Å²) in [5.41, 5.74) is 5.95. The van der Waals surface area contributed by atoms with E-state index in [4.69, 9.17) is 37.7 Å². The molecule has 22 heteroatoms.